The van der Waals surface area contributed by atoms with E-state index in [1.165, 1.54) is 25.3 Å². The highest BCUT2D eigenvalue weighted by molar-refractivity contribution is 14.1. The third-order valence-electron chi connectivity index (χ3n) is 5.30. The normalized spacial score (nSPS) is 14.7. The second kappa shape index (κ2) is 11.7. The molecule has 0 aliphatic carbocycles. The molecule has 0 N–H and O–H groups in total. The summed E-state index contributed by atoms with van der Waals surface area (Å²) in [5.74, 6) is -0.587. The molecule has 2 amide bonds. The Balaban J connectivity index is 1.59. The first-order valence-electron chi connectivity index (χ1n) is 10.7. The van der Waals surface area contributed by atoms with Crippen molar-refractivity contribution in [3.63, 3.8) is 0 Å². The summed E-state index contributed by atoms with van der Waals surface area (Å²) in [6.45, 7) is -0.0356. The van der Waals surface area contributed by atoms with Crippen LogP contribution in [0, 0.1) is 13.7 Å². The largest absolute Gasteiger partial charge is 0.493 e. The van der Waals surface area contributed by atoms with Crippen molar-refractivity contribution in [1.29, 1.82) is 0 Å². The van der Waals surface area contributed by atoms with Gasteiger partial charge in [-0.3, -0.25) is 24.6 Å². The smallest absolute Gasteiger partial charge is 0.339 e. The van der Waals surface area contributed by atoms with Gasteiger partial charge in [-0.15, -0.1) is 0 Å². The summed E-state index contributed by atoms with van der Waals surface area (Å²) in [5, 5.41) is 11.1. The number of hydrogen-bond acceptors (Lipinski definition) is 9. The average molecular weight is 721 g/mol. The number of rotatable bonds is 8. The molecule has 3 aromatic rings. The minimum Gasteiger partial charge on any atom is -0.493 e. The standard InChI is InChI=1S/C24H15Cl2IN2O8S2/c1-36-20-9-13(8-19(27)22(20)37-39(34,35)17-6-4-16(5-7-17)29(32)33)10-21-23(30)28(24(31)38-21)12-14-2-3-15(25)11-18(14)26/h2-11H,12H2,1H3/b21-10-. The van der Waals surface area contributed by atoms with Crippen LogP contribution in [0.25, 0.3) is 6.08 Å². The highest BCUT2D eigenvalue weighted by Crippen LogP contribution is 2.39. The fourth-order valence-electron chi connectivity index (χ4n) is 3.40. The second-order valence-corrected chi connectivity index (χ2v) is 12.4. The SMILES string of the molecule is COc1cc(/C=C2\SC(=O)N(Cc3ccc(Cl)cc3Cl)C2=O)cc(I)c1OS(=O)(=O)c1ccc([N+](=O)[O-])cc1. The van der Waals surface area contributed by atoms with Crippen molar-refractivity contribution < 1.29 is 31.9 Å². The molecule has 1 aliphatic rings. The van der Waals surface area contributed by atoms with E-state index < -0.39 is 26.2 Å². The highest BCUT2D eigenvalue weighted by atomic mass is 127. The molecule has 202 valence electrons. The van der Waals surface area contributed by atoms with Gasteiger partial charge >= 0.3 is 10.1 Å². The first-order chi connectivity index (χ1) is 18.4. The predicted octanol–water partition coefficient (Wildman–Crippen LogP) is 6.52. The van der Waals surface area contributed by atoms with E-state index in [2.05, 4.69) is 0 Å². The van der Waals surface area contributed by atoms with Crippen LogP contribution in [0.2, 0.25) is 10.0 Å². The van der Waals surface area contributed by atoms with Crippen LogP contribution in [0.15, 0.2) is 64.4 Å². The number of thioether (sulfide) groups is 1. The molecule has 0 saturated carbocycles. The predicted molar refractivity (Wildman–Crippen MR) is 155 cm³/mol. The third-order valence-corrected chi connectivity index (χ3v) is 8.83. The van der Waals surface area contributed by atoms with Gasteiger partial charge in [0.15, 0.2) is 11.5 Å². The summed E-state index contributed by atoms with van der Waals surface area (Å²) < 4.78 is 36.6. The van der Waals surface area contributed by atoms with Gasteiger partial charge in [-0.25, -0.2) is 0 Å². The summed E-state index contributed by atoms with van der Waals surface area (Å²) in [6.07, 6.45) is 1.48. The lowest BCUT2D eigenvalue weighted by Gasteiger charge is -2.14. The van der Waals surface area contributed by atoms with Crippen LogP contribution in [-0.4, -0.2) is 36.5 Å². The quantitative estimate of drug-likeness (QED) is 0.0839. The zero-order valence-electron chi connectivity index (χ0n) is 19.6. The van der Waals surface area contributed by atoms with Crippen LogP contribution in [0.4, 0.5) is 10.5 Å². The monoisotopic (exact) mass is 720 g/mol. The Labute approximate surface area is 250 Å². The van der Waals surface area contributed by atoms with Gasteiger partial charge in [0.25, 0.3) is 16.8 Å². The molecule has 1 aliphatic heterocycles. The van der Waals surface area contributed by atoms with Crippen LogP contribution < -0.4 is 8.92 Å². The van der Waals surface area contributed by atoms with E-state index in [1.54, 1.807) is 18.2 Å². The summed E-state index contributed by atoms with van der Waals surface area (Å²) in [4.78, 5) is 36.7. The lowest BCUT2D eigenvalue weighted by molar-refractivity contribution is -0.384. The molecule has 15 heteroatoms. The summed E-state index contributed by atoms with van der Waals surface area (Å²) in [7, 11) is -3.05. The molecule has 0 spiro atoms. The second-order valence-electron chi connectivity index (χ2n) is 7.83. The molecule has 0 atom stereocenters. The van der Waals surface area contributed by atoms with E-state index in [9.17, 15) is 28.1 Å². The molecular formula is C24H15Cl2IN2O8S2. The molecule has 3 aromatic carbocycles. The number of benzene rings is 3. The van der Waals surface area contributed by atoms with Crippen LogP contribution >= 0.6 is 57.6 Å². The molecule has 39 heavy (non-hydrogen) atoms. The van der Waals surface area contributed by atoms with Crippen LogP contribution in [0.1, 0.15) is 11.1 Å². The van der Waals surface area contributed by atoms with E-state index in [1.807, 2.05) is 22.6 Å². The van der Waals surface area contributed by atoms with Gasteiger partial charge in [-0.1, -0.05) is 29.3 Å². The molecule has 1 heterocycles. The van der Waals surface area contributed by atoms with Gasteiger partial charge < -0.3 is 8.92 Å². The summed E-state index contributed by atoms with van der Waals surface area (Å²) in [6, 6.07) is 12.0. The Bertz CT molecular complexity index is 1650. The van der Waals surface area contributed by atoms with Crippen molar-refractivity contribution in [2.45, 2.75) is 11.4 Å². The molecule has 0 radical (unpaired) electrons. The lowest BCUT2D eigenvalue weighted by atomic mass is 10.1. The van der Waals surface area contributed by atoms with Gasteiger partial charge in [-0.05, 0) is 88.0 Å². The van der Waals surface area contributed by atoms with E-state index >= 15 is 0 Å². The maximum absolute atomic E-state index is 13.0. The van der Waals surface area contributed by atoms with E-state index in [0.717, 1.165) is 40.9 Å². The number of halogens is 3. The highest BCUT2D eigenvalue weighted by Gasteiger charge is 2.35. The average Bonchev–Trinajstić information content (AvgIpc) is 3.14. The molecular weight excluding hydrogens is 706 g/mol. The van der Waals surface area contributed by atoms with Gasteiger partial charge in [-0.2, -0.15) is 8.42 Å². The number of imide groups is 1. The van der Waals surface area contributed by atoms with Gasteiger partial charge in [0, 0.05) is 22.2 Å². The number of amides is 2. The van der Waals surface area contributed by atoms with Crippen LogP contribution in [0.5, 0.6) is 11.5 Å². The Morgan fingerprint density at radius 3 is 2.41 bits per heavy atom. The molecule has 0 aromatic heterocycles. The number of carbonyl (C=O) groups excluding carboxylic acids is 2. The Kier molecular flexibility index (Phi) is 8.75. The fourth-order valence-corrected chi connectivity index (χ4v) is 6.55. The number of nitro benzene ring substituents is 1. The van der Waals surface area contributed by atoms with Crippen molar-refractivity contribution in [3.05, 3.63) is 94.4 Å². The topological polar surface area (TPSA) is 133 Å². The number of methoxy groups -OCH3 is 1. The Hall–Kier alpha value is -2.85. The number of carbonyl (C=O) groups is 2. The summed E-state index contributed by atoms with van der Waals surface area (Å²) >= 11 is 14.7. The molecule has 10 nitrogen and oxygen atoms in total. The third kappa shape index (κ3) is 6.49. The van der Waals surface area contributed by atoms with Gasteiger partial charge in [0.2, 0.25) is 0 Å². The Morgan fingerprint density at radius 2 is 1.79 bits per heavy atom. The van der Waals surface area contributed by atoms with Crippen molar-refractivity contribution >= 4 is 90.6 Å². The molecule has 4 rings (SSSR count). The van der Waals surface area contributed by atoms with Crippen molar-refractivity contribution in [1.82, 2.24) is 4.90 Å². The van der Waals surface area contributed by atoms with Crippen LogP contribution in [-0.2, 0) is 21.5 Å². The maximum atomic E-state index is 13.0. The molecule has 0 unspecified atom stereocenters. The van der Waals surface area contributed by atoms with Crippen molar-refractivity contribution in [2.75, 3.05) is 7.11 Å². The molecule has 0 bridgehead atoms. The van der Waals surface area contributed by atoms with Crippen molar-refractivity contribution in [2.24, 2.45) is 0 Å². The maximum Gasteiger partial charge on any atom is 0.339 e. The number of nitrogens with zero attached hydrogens (tertiary/aromatic N) is 2. The number of hydrogen-bond donors (Lipinski definition) is 0. The number of non-ortho nitro benzene ring substituents is 1. The summed E-state index contributed by atoms with van der Waals surface area (Å²) in [5.41, 5.74) is 0.731. The van der Waals surface area contributed by atoms with Crippen molar-refractivity contribution in [3.8, 4) is 11.5 Å². The first-order valence-corrected chi connectivity index (χ1v) is 14.7. The zero-order chi connectivity index (χ0) is 28.5. The lowest BCUT2D eigenvalue weighted by Crippen LogP contribution is -2.27. The van der Waals surface area contributed by atoms with Crippen LogP contribution in [0.3, 0.4) is 0 Å². The molecule has 1 saturated heterocycles. The van der Waals surface area contributed by atoms with Gasteiger partial charge in [0.05, 0.1) is 27.1 Å². The minimum absolute atomic E-state index is 0.0356. The minimum atomic E-state index is -4.36. The number of nitro groups is 1. The number of ether oxygens (including phenoxy) is 1. The van der Waals surface area contributed by atoms with E-state index in [-0.39, 0.29) is 33.5 Å². The Morgan fingerprint density at radius 1 is 1.10 bits per heavy atom. The zero-order valence-corrected chi connectivity index (χ0v) is 24.9. The van der Waals surface area contributed by atoms with E-state index in [4.69, 9.17) is 32.1 Å². The first kappa shape index (κ1) is 29.1. The van der Waals surface area contributed by atoms with Gasteiger partial charge in [0.1, 0.15) is 4.90 Å². The van der Waals surface area contributed by atoms with E-state index in [0.29, 0.717) is 24.7 Å². The molecule has 1 fully saturated rings. The fraction of sp³-hybridized carbons (Fsp3) is 0.0833.